The van der Waals surface area contributed by atoms with Crippen LogP contribution in [0.25, 0.3) is 0 Å². The number of hydrogen-bond donors (Lipinski definition) is 2. The van der Waals surface area contributed by atoms with Gasteiger partial charge in [-0.25, -0.2) is 4.98 Å². The van der Waals surface area contributed by atoms with Crippen molar-refractivity contribution in [1.29, 1.82) is 0 Å². The maximum absolute atomic E-state index is 12.9. The minimum atomic E-state index is -0.397. The molecule has 0 unspecified atom stereocenters. The van der Waals surface area contributed by atoms with Crippen LogP contribution in [0, 0.1) is 0 Å². The van der Waals surface area contributed by atoms with E-state index in [-0.39, 0.29) is 12.2 Å². The van der Waals surface area contributed by atoms with Crippen molar-refractivity contribution in [3.8, 4) is 0 Å². The lowest BCUT2D eigenvalue weighted by atomic mass is 9.97. The molecule has 168 valence electrons. The van der Waals surface area contributed by atoms with Gasteiger partial charge in [0, 0.05) is 48.3 Å². The molecule has 2 heterocycles. The summed E-state index contributed by atoms with van der Waals surface area (Å²) in [5.41, 5.74) is 2.56. The number of aliphatic imine (C=N–C) groups is 1. The maximum Gasteiger partial charge on any atom is 0.257 e. The van der Waals surface area contributed by atoms with E-state index in [2.05, 4.69) is 20.6 Å². The molecule has 0 saturated heterocycles. The monoisotopic (exact) mass is 480 g/mol. The number of halogens is 2. The number of carbonyl (C=O) groups excluding carboxylic acids is 2. The van der Waals surface area contributed by atoms with Crippen LogP contribution in [0.2, 0.25) is 10.0 Å². The number of rotatable bonds is 7. The van der Waals surface area contributed by atoms with E-state index in [1.54, 1.807) is 30.3 Å². The lowest BCUT2D eigenvalue weighted by molar-refractivity contribution is 0.0992. The highest BCUT2D eigenvalue weighted by Gasteiger charge is 2.17. The fourth-order valence-corrected chi connectivity index (χ4v) is 3.80. The van der Waals surface area contributed by atoms with E-state index in [1.807, 2.05) is 24.3 Å². The molecule has 2 aromatic carbocycles. The Morgan fingerprint density at radius 3 is 2.45 bits per heavy atom. The molecule has 0 bridgehead atoms. The molecule has 0 aliphatic carbocycles. The van der Waals surface area contributed by atoms with Crippen molar-refractivity contribution in [1.82, 2.24) is 10.3 Å². The summed E-state index contributed by atoms with van der Waals surface area (Å²) in [7, 11) is 0. The molecule has 0 saturated carbocycles. The maximum atomic E-state index is 12.9. The van der Waals surface area contributed by atoms with Crippen LogP contribution in [0.3, 0.4) is 0 Å². The van der Waals surface area contributed by atoms with Gasteiger partial charge < -0.3 is 10.6 Å². The van der Waals surface area contributed by atoms with Crippen LogP contribution in [-0.4, -0.2) is 29.1 Å². The highest BCUT2D eigenvalue weighted by molar-refractivity contribution is 6.31. The number of aromatic nitrogens is 1. The summed E-state index contributed by atoms with van der Waals surface area (Å²) in [4.78, 5) is 34.2. The van der Waals surface area contributed by atoms with E-state index in [4.69, 9.17) is 23.2 Å². The van der Waals surface area contributed by atoms with E-state index in [0.29, 0.717) is 39.1 Å². The molecular weight excluding hydrogens is 459 g/mol. The van der Waals surface area contributed by atoms with Gasteiger partial charge in [0.2, 0.25) is 0 Å². The average Bonchev–Trinajstić information content (AvgIpc) is 3.34. The van der Waals surface area contributed by atoms with Gasteiger partial charge in [-0.2, -0.15) is 0 Å². The summed E-state index contributed by atoms with van der Waals surface area (Å²) in [6.45, 7) is 1.56. The molecule has 8 heteroatoms. The fraction of sp³-hybridized carbons (Fsp3) is 0.200. The normalized spacial score (nSPS) is 12.8. The Bertz CT molecular complexity index is 1190. The van der Waals surface area contributed by atoms with Crippen molar-refractivity contribution < 1.29 is 9.59 Å². The summed E-state index contributed by atoms with van der Waals surface area (Å²) in [5.74, 6) is 0.911. The van der Waals surface area contributed by atoms with E-state index in [0.717, 1.165) is 30.8 Å². The molecule has 2 N–H and O–H groups in total. The molecule has 1 amide bonds. The average molecular weight is 481 g/mol. The Balaban J connectivity index is 1.44. The molecule has 1 aromatic heterocycles. The minimum absolute atomic E-state index is 0.0718. The van der Waals surface area contributed by atoms with Crippen LogP contribution in [0.1, 0.15) is 44.7 Å². The standard InChI is InChI=1S/C25H22Cl2N4O2/c26-19-8-7-18(21(13-19)25(33)31-24-10-9-20(27)15-30-24)12-22(32)17-5-3-16(4-6-17)14-29-23-2-1-11-28-23/h3-10,13,15H,1-2,11-12,14H2,(H,28,29)(H,30,31,33). The molecule has 1 aliphatic rings. The number of Topliss-reactive ketones (excluding diaryl/α,β-unsaturated/α-hetero) is 1. The van der Waals surface area contributed by atoms with Crippen molar-refractivity contribution in [2.24, 2.45) is 4.99 Å². The van der Waals surface area contributed by atoms with E-state index in [1.165, 1.54) is 6.20 Å². The first-order chi connectivity index (χ1) is 16.0. The van der Waals surface area contributed by atoms with Gasteiger partial charge in [0.25, 0.3) is 5.91 Å². The lowest BCUT2D eigenvalue weighted by Gasteiger charge is -2.11. The quantitative estimate of drug-likeness (QED) is 0.446. The Hall–Kier alpha value is -3.22. The van der Waals surface area contributed by atoms with Gasteiger partial charge in [0.15, 0.2) is 5.78 Å². The van der Waals surface area contributed by atoms with Crippen LogP contribution in [0.15, 0.2) is 65.8 Å². The summed E-state index contributed by atoms with van der Waals surface area (Å²) in [5, 5.41) is 6.92. The number of amidine groups is 1. The zero-order chi connectivity index (χ0) is 23.2. The zero-order valence-corrected chi connectivity index (χ0v) is 19.3. The Morgan fingerprint density at radius 1 is 0.970 bits per heavy atom. The van der Waals surface area contributed by atoms with Crippen molar-refractivity contribution in [3.63, 3.8) is 0 Å². The number of hydrogen-bond acceptors (Lipinski definition) is 5. The Morgan fingerprint density at radius 2 is 1.76 bits per heavy atom. The second kappa shape index (κ2) is 10.6. The molecule has 0 fully saturated rings. The molecule has 33 heavy (non-hydrogen) atoms. The first-order valence-corrected chi connectivity index (χ1v) is 11.3. The topological polar surface area (TPSA) is 83.5 Å². The van der Waals surface area contributed by atoms with Crippen LogP contribution >= 0.6 is 23.2 Å². The zero-order valence-electron chi connectivity index (χ0n) is 17.8. The third-order valence-electron chi connectivity index (χ3n) is 5.28. The van der Waals surface area contributed by atoms with Gasteiger partial charge in [-0.3, -0.25) is 14.6 Å². The third kappa shape index (κ3) is 6.18. The summed E-state index contributed by atoms with van der Waals surface area (Å²) in [6.07, 6.45) is 3.60. The first-order valence-electron chi connectivity index (χ1n) is 10.6. The van der Waals surface area contributed by atoms with E-state index >= 15 is 0 Å². The Labute approximate surface area is 202 Å². The smallest absolute Gasteiger partial charge is 0.257 e. The van der Waals surface area contributed by atoms with Crippen molar-refractivity contribution >= 4 is 46.5 Å². The predicted octanol–water partition coefficient (Wildman–Crippen LogP) is 5.35. The van der Waals surface area contributed by atoms with Crippen LogP contribution < -0.4 is 10.6 Å². The second-order valence-electron chi connectivity index (χ2n) is 7.70. The van der Waals surface area contributed by atoms with Crippen LogP contribution in [0.4, 0.5) is 5.82 Å². The van der Waals surface area contributed by atoms with Crippen LogP contribution in [0.5, 0.6) is 0 Å². The van der Waals surface area contributed by atoms with Crippen LogP contribution in [-0.2, 0) is 13.0 Å². The predicted molar refractivity (Wildman–Crippen MR) is 132 cm³/mol. The van der Waals surface area contributed by atoms with E-state index in [9.17, 15) is 9.59 Å². The largest absolute Gasteiger partial charge is 0.370 e. The number of amides is 1. The number of anilines is 1. The molecule has 3 aromatic rings. The molecule has 4 rings (SSSR count). The van der Waals surface area contributed by atoms with Gasteiger partial charge in [-0.05, 0) is 41.8 Å². The highest BCUT2D eigenvalue weighted by Crippen LogP contribution is 2.20. The fourth-order valence-electron chi connectivity index (χ4n) is 3.52. The number of nitrogens with zero attached hydrogens (tertiary/aromatic N) is 2. The van der Waals surface area contributed by atoms with E-state index < -0.39 is 5.91 Å². The first kappa shape index (κ1) is 23.0. The molecule has 0 radical (unpaired) electrons. The number of pyridine rings is 1. The summed E-state index contributed by atoms with van der Waals surface area (Å²) in [6, 6.07) is 15.6. The number of nitrogens with one attached hydrogen (secondary N) is 2. The number of ketones is 1. The second-order valence-corrected chi connectivity index (χ2v) is 8.57. The van der Waals surface area contributed by atoms with Gasteiger partial charge in [-0.15, -0.1) is 0 Å². The third-order valence-corrected chi connectivity index (χ3v) is 5.74. The molecule has 6 nitrogen and oxygen atoms in total. The van der Waals surface area contributed by atoms with Crippen molar-refractivity contribution in [2.75, 3.05) is 11.9 Å². The van der Waals surface area contributed by atoms with Gasteiger partial charge in [-0.1, -0.05) is 53.5 Å². The van der Waals surface area contributed by atoms with Gasteiger partial charge in [0.1, 0.15) is 5.82 Å². The van der Waals surface area contributed by atoms with Gasteiger partial charge in [0.05, 0.1) is 10.9 Å². The van der Waals surface area contributed by atoms with Gasteiger partial charge >= 0.3 is 0 Å². The Kier molecular flexibility index (Phi) is 7.37. The summed E-state index contributed by atoms with van der Waals surface area (Å²) < 4.78 is 0. The molecule has 0 atom stereocenters. The number of carbonyl (C=O) groups is 2. The number of benzene rings is 2. The lowest BCUT2D eigenvalue weighted by Crippen LogP contribution is -2.20. The minimum Gasteiger partial charge on any atom is -0.370 e. The SMILES string of the molecule is O=C(Cc1ccc(Cl)cc1C(=O)Nc1ccc(Cl)cn1)c1ccc(CNC2=NCCC2)cc1. The summed E-state index contributed by atoms with van der Waals surface area (Å²) >= 11 is 12.0. The molecule has 1 aliphatic heterocycles. The molecule has 0 spiro atoms. The highest BCUT2D eigenvalue weighted by atomic mass is 35.5. The molecular formula is C25H22Cl2N4O2. The van der Waals surface area contributed by atoms with Crippen molar-refractivity contribution in [2.45, 2.75) is 25.8 Å². The van der Waals surface area contributed by atoms with Crippen molar-refractivity contribution in [3.05, 3.63) is 93.1 Å².